The van der Waals surface area contributed by atoms with Gasteiger partial charge < -0.3 is 5.11 Å². The third kappa shape index (κ3) is 2.47. The largest absolute Gasteiger partial charge is 0.476 e. The zero-order valence-corrected chi connectivity index (χ0v) is 10.6. The standard InChI is InChI=1S/C14H16N2O2/c1-3-9(2)8-12-15-11-7-5-4-6-10(11)13(16-12)14(17)18/h4-7,9H,3,8H2,1-2H3,(H,17,18). The van der Waals surface area contributed by atoms with Crippen molar-refractivity contribution in [1.82, 2.24) is 9.97 Å². The number of carbonyl (C=O) groups is 1. The Hall–Kier alpha value is -1.97. The maximum Gasteiger partial charge on any atom is 0.355 e. The summed E-state index contributed by atoms with van der Waals surface area (Å²) in [6.45, 7) is 4.21. The van der Waals surface area contributed by atoms with Crippen molar-refractivity contribution in [2.45, 2.75) is 26.7 Å². The molecule has 1 atom stereocenters. The van der Waals surface area contributed by atoms with E-state index in [1.165, 1.54) is 0 Å². The molecule has 0 saturated carbocycles. The van der Waals surface area contributed by atoms with Gasteiger partial charge in [-0.25, -0.2) is 14.8 Å². The predicted molar refractivity (Wildman–Crippen MR) is 69.7 cm³/mol. The summed E-state index contributed by atoms with van der Waals surface area (Å²) >= 11 is 0. The number of nitrogens with zero attached hydrogens (tertiary/aromatic N) is 2. The van der Waals surface area contributed by atoms with E-state index in [4.69, 9.17) is 0 Å². The number of para-hydroxylation sites is 1. The van der Waals surface area contributed by atoms with Crippen molar-refractivity contribution in [1.29, 1.82) is 0 Å². The Balaban J connectivity index is 2.54. The number of carboxylic acids is 1. The SMILES string of the molecule is CCC(C)Cc1nc(C(=O)O)c2ccccc2n1. The van der Waals surface area contributed by atoms with Crippen LogP contribution >= 0.6 is 0 Å². The molecule has 4 heteroatoms. The zero-order valence-electron chi connectivity index (χ0n) is 10.6. The van der Waals surface area contributed by atoms with Gasteiger partial charge in [0.05, 0.1) is 5.52 Å². The minimum absolute atomic E-state index is 0.0962. The van der Waals surface area contributed by atoms with E-state index >= 15 is 0 Å². The number of aromatic nitrogens is 2. The molecule has 0 aliphatic heterocycles. The first-order chi connectivity index (χ1) is 8.61. The molecule has 0 fully saturated rings. The highest BCUT2D eigenvalue weighted by Crippen LogP contribution is 2.17. The molecule has 18 heavy (non-hydrogen) atoms. The highest BCUT2D eigenvalue weighted by atomic mass is 16.4. The average Bonchev–Trinajstić information content (AvgIpc) is 2.37. The van der Waals surface area contributed by atoms with E-state index in [-0.39, 0.29) is 5.69 Å². The highest BCUT2D eigenvalue weighted by molar-refractivity contribution is 6.00. The van der Waals surface area contributed by atoms with Crippen LogP contribution in [0.1, 0.15) is 36.6 Å². The number of benzene rings is 1. The number of fused-ring (bicyclic) bond motifs is 1. The molecule has 1 unspecified atom stereocenters. The maximum absolute atomic E-state index is 11.2. The van der Waals surface area contributed by atoms with Crippen LogP contribution in [0.3, 0.4) is 0 Å². The molecule has 1 aromatic heterocycles. The fourth-order valence-electron chi connectivity index (χ4n) is 1.84. The van der Waals surface area contributed by atoms with Gasteiger partial charge in [-0.1, -0.05) is 38.5 Å². The van der Waals surface area contributed by atoms with E-state index < -0.39 is 5.97 Å². The molecule has 0 aliphatic carbocycles. The van der Waals surface area contributed by atoms with E-state index in [9.17, 15) is 9.90 Å². The minimum atomic E-state index is -1.00. The summed E-state index contributed by atoms with van der Waals surface area (Å²) in [7, 11) is 0. The van der Waals surface area contributed by atoms with Crippen LogP contribution in [0.15, 0.2) is 24.3 Å². The van der Waals surface area contributed by atoms with Crippen molar-refractivity contribution in [3.8, 4) is 0 Å². The number of hydrogen-bond acceptors (Lipinski definition) is 3. The lowest BCUT2D eigenvalue weighted by atomic mass is 10.0. The molecule has 0 radical (unpaired) electrons. The van der Waals surface area contributed by atoms with Gasteiger partial charge in [0.15, 0.2) is 5.69 Å². The summed E-state index contributed by atoms with van der Waals surface area (Å²) in [5.41, 5.74) is 0.794. The molecule has 0 amide bonds. The molecule has 4 nitrogen and oxygen atoms in total. The maximum atomic E-state index is 11.2. The Labute approximate surface area is 106 Å². The van der Waals surface area contributed by atoms with Gasteiger partial charge in [0.2, 0.25) is 0 Å². The second-order valence-corrected chi connectivity index (χ2v) is 4.53. The summed E-state index contributed by atoms with van der Waals surface area (Å²) in [6, 6.07) is 7.22. The number of carboxylic acid groups (broad SMARTS) is 1. The molecular formula is C14H16N2O2. The van der Waals surface area contributed by atoms with Crippen molar-refractivity contribution in [3.63, 3.8) is 0 Å². The molecule has 0 bridgehead atoms. The molecule has 0 spiro atoms. The van der Waals surface area contributed by atoms with E-state index in [1.807, 2.05) is 12.1 Å². The smallest absolute Gasteiger partial charge is 0.355 e. The van der Waals surface area contributed by atoms with Crippen LogP contribution in [0.5, 0.6) is 0 Å². The van der Waals surface area contributed by atoms with Crippen molar-refractivity contribution in [3.05, 3.63) is 35.8 Å². The van der Waals surface area contributed by atoms with Crippen LogP contribution in [0, 0.1) is 5.92 Å². The van der Waals surface area contributed by atoms with Crippen LogP contribution in [-0.2, 0) is 6.42 Å². The second-order valence-electron chi connectivity index (χ2n) is 4.53. The van der Waals surface area contributed by atoms with E-state index in [2.05, 4.69) is 23.8 Å². The fraction of sp³-hybridized carbons (Fsp3) is 0.357. The van der Waals surface area contributed by atoms with Gasteiger partial charge in [-0.2, -0.15) is 0 Å². The van der Waals surface area contributed by atoms with Crippen LogP contribution in [0.4, 0.5) is 0 Å². The highest BCUT2D eigenvalue weighted by Gasteiger charge is 2.14. The van der Waals surface area contributed by atoms with Crippen LogP contribution in [0.25, 0.3) is 10.9 Å². The molecule has 1 aromatic carbocycles. The van der Waals surface area contributed by atoms with Crippen molar-refractivity contribution in [2.75, 3.05) is 0 Å². The lowest BCUT2D eigenvalue weighted by molar-refractivity contribution is 0.0692. The molecule has 94 valence electrons. The lowest BCUT2D eigenvalue weighted by Crippen LogP contribution is -2.09. The molecule has 1 N–H and O–H groups in total. The first kappa shape index (κ1) is 12.5. The van der Waals surface area contributed by atoms with Gasteiger partial charge in [-0.3, -0.25) is 0 Å². The summed E-state index contributed by atoms with van der Waals surface area (Å²) in [4.78, 5) is 19.8. The van der Waals surface area contributed by atoms with Gasteiger partial charge >= 0.3 is 5.97 Å². The van der Waals surface area contributed by atoms with Gasteiger partial charge in [0, 0.05) is 11.8 Å². The van der Waals surface area contributed by atoms with Crippen LogP contribution in [0.2, 0.25) is 0 Å². The Bertz CT molecular complexity index is 581. The Morgan fingerprint density at radius 3 is 2.72 bits per heavy atom. The zero-order chi connectivity index (χ0) is 13.1. The average molecular weight is 244 g/mol. The summed E-state index contributed by atoms with van der Waals surface area (Å²) < 4.78 is 0. The number of hydrogen-bond donors (Lipinski definition) is 1. The quantitative estimate of drug-likeness (QED) is 0.898. The topological polar surface area (TPSA) is 63.1 Å². The van der Waals surface area contributed by atoms with E-state index in [0.717, 1.165) is 6.42 Å². The third-order valence-electron chi connectivity index (χ3n) is 3.08. The molecular weight excluding hydrogens is 228 g/mol. The Morgan fingerprint density at radius 2 is 2.06 bits per heavy atom. The lowest BCUT2D eigenvalue weighted by Gasteiger charge is -2.09. The molecule has 2 rings (SSSR count). The molecule has 1 heterocycles. The Kier molecular flexibility index (Phi) is 3.55. The first-order valence-electron chi connectivity index (χ1n) is 6.10. The van der Waals surface area contributed by atoms with Gasteiger partial charge in [-0.05, 0) is 12.0 Å². The van der Waals surface area contributed by atoms with Crippen LogP contribution < -0.4 is 0 Å². The monoisotopic (exact) mass is 244 g/mol. The summed E-state index contributed by atoms with van der Waals surface area (Å²) in [5, 5.41) is 9.80. The summed E-state index contributed by atoms with van der Waals surface area (Å²) in [5.74, 6) is 0.0623. The van der Waals surface area contributed by atoms with Crippen LogP contribution in [-0.4, -0.2) is 21.0 Å². The Morgan fingerprint density at radius 1 is 1.33 bits per heavy atom. The predicted octanol–water partition coefficient (Wildman–Crippen LogP) is 2.92. The summed E-state index contributed by atoms with van der Waals surface area (Å²) in [6.07, 6.45) is 1.74. The normalized spacial score (nSPS) is 12.6. The van der Waals surface area contributed by atoms with Gasteiger partial charge in [0.25, 0.3) is 0 Å². The first-order valence-corrected chi connectivity index (χ1v) is 6.10. The molecule has 0 aliphatic rings. The van der Waals surface area contributed by atoms with E-state index in [1.54, 1.807) is 12.1 Å². The second kappa shape index (κ2) is 5.12. The van der Waals surface area contributed by atoms with Crippen molar-refractivity contribution in [2.24, 2.45) is 5.92 Å². The molecule has 0 saturated heterocycles. The molecule has 2 aromatic rings. The van der Waals surface area contributed by atoms with Gasteiger partial charge in [-0.15, -0.1) is 0 Å². The van der Waals surface area contributed by atoms with Crippen molar-refractivity contribution < 1.29 is 9.90 Å². The number of aromatic carboxylic acids is 1. The third-order valence-corrected chi connectivity index (χ3v) is 3.08. The van der Waals surface area contributed by atoms with Gasteiger partial charge in [0.1, 0.15) is 5.82 Å². The van der Waals surface area contributed by atoms with E-state index in [0.29, 0.717) is 29.1 Å². The van der Waals surface area contributed by atoms with Crippen molar-refractivity contribution >= 4 is 16.9 Å². The number of rotatable bonds is 4. The fourth-order valence-corrected chi connectivity index (χ4v) is 1.84. The minimum Gasteiger partial charge on any atom is -0.476 e.